The minimum Gasteiger partial charge on any atom is -0.327 e. The highest BCUT2D eigenvalue weighted by molar-refractivity contribution is 7.85. The summed E-state index contributed by atoms with van der Waals surface area (Å²) in [5.74, 6) is 0.455. The highest BCUT2D eigenvalue weighted by atomic mass is 32.2. The highest BCUT2D eigenvalue weighted by Gasteiger charge is 2.08. The lowest BCUT2D eigenvalue weighted by Gasteiger charge is -2.15. The van der Waals surface area contributed by atoms with Crippen LogP contribution in [0, 0.1) is 0 Å². The average molecular weight is 245 g/mol. The molecule has 0 aliphatic heterocycles. The van der Waals surface area contributed by atoms with E-state index in [1.54, 1.807) is 0 Å². The second-order valence-electron chi connectivity index (χ2n) is 3.79. The van der Waals surface area contributed by atoms with E-state index in [9.17, 15) is 8.42 Å². The molecule has 1 aromatic carbocycles. The third-order valence-electron chi connectivity index (χ3n) is 2.11. The molecular weight excluding hydrogens is 226 g/mol. The van der Waals surface area contributed by atoms with Crippen molar-refractivity contribution in [3.8, 4) is 0 Å². The first-order chi connectivity index (χ1) is 7.22. The molecule has 0 heterocycles. The molecular formula is C11H19NO3S. The van der Waals surface area contributed by atoms with E-state index in [-0.39, 0.29) is 6.04 Å². The molecule has 92 valence electrons. The molecule has 0 amide bonds. The monoisotopic (exact) mass is 245 g/mol. The summed E-state index contributed by atoms with van der Waals surface area (Å²) in [6, 6.07) is 10.6. The van der Waals surface area contributed by atoms with Crippen LogP contribution in [0.15, 0.2) is 30.3 Å². The van der Waals surface area contributed by atoms with E-state index in [1.807, 2.05) is 25.1 Å². The van der Waals surface area contributed by atoms with Crippen molar-refractivity contribution in [2.24, 2.45) is 5.73 Å². The molecule has 0 saturated carbocycles. The number of benzene rings is 1. The van der Waals surface area contributed by atoms with Crippen LogP contribution in [0.5, 0.6) is 0 Å². The Balaban J connectivity index is 0.000000385. The number of hydrogen-bond donors (Lipinski definition) is 2. The maximum atomic E-state index is 9.19. The largest absolute Gasteiger partial charge is 0.327 e. The van der Waals surface area contributed by atoms with Gasteiger partial charge >= 0.3 is 0 Å². The van der Waals surface area contributed by atoms with Gasteiger partial charge in [-0.2, -0.15) is 8.42 Å². The van der Waals surface area contributed by atoms with Gasteiger partial charge in [0.05, 0.1) is 6.26 Å². The maximum absolute atomic E-state index is 9.19. The number of nitrogens with two attached hydrogens (primary N) is 1. The van der Waals surface area contributed by atoms with Gasteiger partial charge in [0.25, 0.3) is 10.1 Å². The predicted molar refractivity (Wildman–Crippen MR) is 66.0 cm³/mol. The highest BCUT2D eigenvalue weighted by Crippen LogP contribution is 2.16. The minimum atomic E-state index is -3.67. The number of rotatable bonds is 2. The van der Waals surface area contributed by atoms with Crippen LogP contribution >= 0.6 is 0 Å². The van der Waals surface area contributed by atoms with Gasteiger partial charge in [-0.25, -0.2) is 0 Å². The topological polar surface area (TPSA) is 80.4 Å². The molecule has 0 fully saturated rings. The quantitative estimate of drug-likeness (QED) is 0.776. The van der Waals surface area contributed by atoms with Crippen molar-refractivity contribution < 1.29 is 13.0 Å². The van der Waals surface area contributed by atoms with Gasteiger partial charge in [-0.1, -0.05) is 37.3 Å². The van der Waals surface area contributed by atoms with Crippen LogP contribution in [0.2, 0.25) is 0 Å². The molecule has 0 spiro atoms. The number of hydrogen-bond acceptors (Lipinski definition) is 3. The van der Waals surface area contributed by atoms with Gasteiger partial charge in [0.2, 0.25) is 0 Å². The van der Waals surface area contributed by atoms with Crippen LogP contribution in [-0.2, 0) is 10.1 Å². The van der Waals surface area contributed by atoms with Crippen LogP contribution in [-0.4, -0.2) is 25.3 Å². The molecule has 0 aliphatic carbocycles. The molecule has 0 aliphatic rings. The molecule has 5 heteroatoms. The summed E-state index contributed by atoms with van der Waals surface area (Å²) >= 11 is 0. The fourth-order valence-electron chi connectivity index (χ4n) is 1.06. The molecule has 4 nitrogen and oxygen atoms in total. The average Bonchev–Trinajstić information content (AvgIpc) is 2.15. The lowest BCUT2D eigenvalue weighted by Crippen LogP contribution is -2.22. The summed E-state index contributed by atoms with van der Waals surface area (Å²) in [6.07, 6.45) is 0.715. The van der Waals surface area contributed by atoms with Crippen LogP contribution in [0.1, 0.15) is 25.3 Å². The predicted octanol–water partition coefficient (Wildman–Crippen LogP) is 1.64. The summed E-state index contributed by atoms with van der Waals surface area (Å²) in [5, 5.41) is 0. The second-order valence-corrected chi connectivity index (χ2v) is 5.26. The summed E-state index contributed by atoms with van der Waals surface area (Å²) in [4.78, 5) is 0. The van der Waals surface area contributed by atoms with Crippen molar-refractivity contribution in [2.75, 3.05) is 6.26 Å². The van der Waals surface area contributed by atoms with Gasteiger partial charge in [0, 0.05) is 6.04 Å². The minimum absolute atomic E-state index is 0.234. The molecule has 0 aromatic heterocycles. The van der Waals surface area contributed by atoms with Crippen molar-refractivity contribution in [3.63, 3.8) is 0 Å². The zero-order chi connectivity index (χ0) is 12.8. The lowest BCUT2D eigenvalue weighted by atomic mass is 9.95. The fourth-order valence-corrected chi connectivity index (χ4v) is 1.06. The van der Waals surface area contributed by atoms with Crippen LogP contribution < -0.4 is 5.73 Å². The molecule has 0 radical (unpaired) electrons. The van der Waals surface area contributed by atoms with Crippen molar-refractivity contribution >= 4 is 10.1 Å². The van der Waals surface area contributed by atoms with Crippen LogP contribution in [0.3, 0.4) is 0 Å². The Morgan fingerprint density at radius 2 is 1.56 bits per heavy atom. The molecule has 1 aromatic rings. The van der Waals surface area contributed by atoms with E-state index in [2.05, 4.69) is 19.1 Å². The third kappa shape index (κ3) is 8.40. The zero-order valence-electron chi connectivity index (χ0n) is 9.79. The van der Waals surface area contributed by atoms with Gasteiger partial charge in [-0.15, -0.1) is 0 Å². The zero-order valence-corrected chi connectivity index (χ0v) is 10.6. The van der Waals surface area contributed by atoms with Crippen LogP contribution in [0.25, 0.3) is 0 Å². The third-order valence-corrected chi connectivity index (χ3v) is 2.11. The van der Waals surface area contributed by atoms with Crippen molar-refractivity contribution in [1.29, 1.82) is 0 Å². The molecule has 0 saturated heterocycles. The summed E-state index contributed by atoms with van der Waals surface area (Å²) in [6.45, 7) is 4.19. The smallest absolute Gasteiger partial charge is 0.261 e. The van der Waals surface area contributed by atoms with E-state index >= 15 is 0 Å². The molecule has 3 N–H and O–H groups in total. The van der Waals surface area contributed by atoms with Crippen molar-refractivity contribution in [3.05, 3.63) is 35.9 Å². The Morgan fingerprint density at radius 3 is 1.88 bits per heavy atom. The van der Waals surface area contributed by atoms with Gasteiger partial charge in [-0.3, -0.25) is 4.55 Å². The standard InChI is InChI=1S/C10H15N.CH4O3S/c1-8(9(2)11)10-6-4-3-5-7-10;1-5(2,3)4/h3-9H,11H2,1-2H3;1H3,(H,2,3,4). The lowest BCUT2D eigenvalue weighted by molar-refractivity contribution is 0.490. The summed E-state index contributed by atoms with van der Waals surface area (Å²) < 4.78 is 25.9. The Hall–Kier alpha value is -0.910. The van der Waals surface area contributed by atoms with E-state index in [1.165, 1.54) is 5.56 Å². The van der Waals surface area contributed by atoms with E-state index in [0.717, 1.165) is 0 Å². The first kappa shape index (κ1) is 15.1. The molecule has 16 heavy (non-hydrogen) atoms. The van der Waals surface area contributed by atoms with E-state index in [0.29, 0.717) is 12.2 Å². The Kier molecular flexibility index (Phi) is 6.25. The summed E-state index contributed by atoms with van der Waals surface area (Å²) in [7, 11) is -3.67. The van der Waals surface area contributed by atoms with Crippen molar-refractivity contribution in [2.45, 2.75) is 25.8 Å². The summed E-state index contributed by atoms with van der Waals surface area (Å²) in [5.41, 5.74) is 7.09. The van der Waals surface area contributed by atoms with Gasteiger partial charge < -0.3 is 5.73 Å². The first-order valence-electron chi connectivity index (χ1n) is 4.94. The van der Waals surface area contributed by atoms with Gasteiger partial charge in [-0.05, 0) is 18.4 Å². The van der Waals surface area contributed by atoms with Gasteiger partial charge in [0.15, 0.2) is 0 Å². The Labute approximate surface area is 97.2 Å². The van der Waals surface area contributed by atoms with Gasteiger partial charge in [0.1, 0.15) is 0 Å². The van der Waals surface area contributed by atoms with Crippen molar-refractivity contribution in [1.82, 2.24) is 0 Å². The Morgan fingerprint density at radius 1 is 1.19 bits per heavy atom. The SMILES string of the molecule is CC(N)C(C)c1ccccc1.CS(=O)(=O)O. The molecule has 2 atom stereocenters. The van der Waals surface area contributed by atoms with Crippen LogP contribution in [0.4, 0.5) is 0 Å². The molecule has 1 rings (SSSR count). The fraction of sp³-hybridized carbons (Fsp3) is 0.455. The maximum Gasteiger partial charge on any atom is 0.261 e. The Bertz CT molecular complexity index is 379. The first-order valence-corrected chi connectivity index (χ1v) is 6.79. The molecule has 0 bridgehead atoms. The van der Waals surface area contributed by atoms with E-state index in [4.69, 9.17) is 10.3 Å². The molecule has 2 unspecified atom stereocenters. The second kappa shape index (κ2) is 6.62. The van der Waals surface area contributed by atoms with E-state index < -0.39 is 10.1 Å². The normalized spacial score (nSPS) is 14.6.